The molecule has 33 heavy (non-hydrogen) atoms. The number of nitrogens with one attached hydrogen (secondary N) is 4. The fourth-order valence-corrected chi connectivity index (χ4v) is 3.84. The maximum atomic E-state index is 13.2. The fraction of sp³-hybridized carbons (Fsp3) is 0.455. The Morgan fingerprint density at radius 1 is 1.24 bits per heavy atom. The van der Waals surface area contributed by atoms with E-state index in [2.05, 4.69) is 25.9 Å². The summed E-state index contributed by atoms with van der Waals surface area (Å²) in [7, 11) is 1.54. The smallest absolute Gasteiger partial charge is 0.272 e. The van der Waals surface area contributed by atoms with Gasteiger partial charge in [-0.3, -0.25) is 14.4 Å². The zero-order valence-electron chi connectivity index (χ0n) is 18.4. The molecule has 0 spiro atoms. The number of carbonyl (C=O) groups is 3. The van der Waals surface area contributed by atoms with Crippen LogP contribution >= 0.6 is 11.6 Å². The van der Waals surface area contributed by atoms with Gasteiger partial charge in [-0.1, -0.05) is 11.6 Å². The minimum atomic E-state index is -0.476. The first-order chi connectivity index (χ1) is 15.8. The minimum Gasteiger partial charge on any atom is -0.380 e. The van der Waals surface area contributed by atoms with E-state index in [1.165, 1.54) is 18.5 Å². The van der Waals surface area contributed by atoms with Crippen molar-refractivity contribution in [3.8, 4) is 0 Å². The van der Waals surface area contributed by atoms with Gasteiger partial charge in [0.1, 0.15) is 11.5 Å². The summed E-state index contributed by atoms with van der Waals surface area (Å²) >= 11 is 5.97. The van der Waals surface area contributed by atoms with Crippen molar-refractivity contribution in [2.75, 3.05) is 19.0 Å². The number of H-pyrrole nitrogens is 1. The number of nitrogens with zero attached hydrogens (tertiary/aromatic N) is 1. The number of carbonyl (C=O) groups excluding carboxylic acids is 3. The standard InChI is InChI=1S/C22H27ClFN5O4/c1-12(33-2)10-25-21(31)18-19(27-11-26-18)22(32)28-15-6-3-13(4-7-15)20(30)29-17-8-5-14(24)9-16(17)23/h5,8-9,11-13,15H,3-4,6-7,10H2,1-2H3,(H,25,31)(H,26,27)(H,28,32)(H,29,30). The van der Waals surface area contributed by atoms with Gasteiger partial charge in [0.05, 0.1) is 23.1 Å². The molecule has 1 saturated carbocycles. The highest BCUT2D eigenvalue weighted by Crippen LogP contribution is 2.28. The van der Waals surface area contributed by atoms with Crippen molar-refractivity contribution in [3.05, 3.63) is 46.8 Å². The number of halogens is 2. The lowest BCUT2D eigenvalue weighted by Gasteiger charge is -2.28. The second-order valence-electron chi connectivity index (χ2n) is 8.02. The summed E-state index contributed by atoms with van der Waals surface area (Å²) in [5, 5.41) is 8.46. The average Bonchev–Trinajstić information content (AvgIpc) is 3.30. The van der Waals surface area contributed by atoms with E-state index in [-0.39, 0.29) is 40.4 Å². The van der Waals surface area contributed by atoms with E-state index < -0.39 is 17.6 Å². The van der Waals surface area contributed by atoms with E-state index in [0.29, 0.717) is 37.9 Å². The first kappa shape index (κ1) is 24.7. The summed E-state index contributed by atoms with van der Waals surface area (Å²) in [6.45, 7) is 2.11. The lowest BCUT2D eigenvalue weighted by atomic mass is 9.85. The molecule has 0 bridgehead atoms. The highest BCUT2D eigenvalue weighted by Gasteiger charge is 2.29. The van der Waals surface area contributed by atoms with Crippen LogP contribution in [0.4, 0.5) is 10.1 Å². The summed E-state index contributed by atoms with van der Waals surface area (Å²) in [6.07, 6.45) is 3.46. The Bertz CT molecular complexity index is 1010. The first-order valence-electron chi connectivity index (χ1n) is 10.7. The van der Waals surface area contributed by atoms with Crippen LogP contribution in [0.15, 0.2) is 24.5 Å². The molecule has 1 aliphatic rings. The molecule has 0 saturated heterocycles. The number of rotatable bonds is 8. The number of amides is 3. The normalized spacial score (nSPS) is 18.9. The summed E-state index contributed by atoms with van der Waals surface area (Å²) in [6, 6.07) is 3.66. The van der Waals surface area contributed by atoms with Gasteiger partial charge < -0.3 is 25.7 Å². The highest BCUT2D eigenvalue weighted by molar-refractivity contribution is 6.33. The van der Waals surface area contributed by atoms with Gasteiger partial charge in [0.15, 0.2) is 5.69 Å². The number of anilines is 1. The largest absolute Gasteiger partial charge is 0.380 e. The molecule has 1 heterocycles. The summed E-state index contributed by atoms with van der Waals surface area (Å²) in [5.74, 6) is -1.80. The number of aromatic nitrogens is 2. The zero-order chi connectivity index (χ0) is 24.0. The number of hydrogen-bond acceptors (Lipinski definition) is 5. The number of imidazole rings is 1. The van der Waals surface area contributed by atoms with Crippen LogP contribution < -0.4 is 16.0 Å². The quantitative estimate of drug-likeness (QED) is 0.463. The van der Waals surface area contributed by atoms with Gasteiger partial charge in [0.25, 0.3) is 11.8 Å². The highest BCUT2D eigenvalue weighted by atomic mass is 35.5. The van der Waals surface area contributed by atoms with E-state index in [1.807, 2.05) is 6.92 Å². The Kier molecular flexibility index (Phi) is 8.40. The molecule has 4 N–H and O–H groups in total. The Balaban J connectivity index is 1.50. The van der Waals surface area contributed by atoms with Gasteiger partial charge in [-0.05, 0) is 50.8 Å². The summed E-state index contributed by atoms with van der Waals surface area (Å²) in [5.41, 5.74) is 0.464. The molecule has 2 aromatic rings. The molecule has 9 nitrogen and oxygen atoms in total. The first-order valence-corrected chi connectivity index (χ1v) is 11.1. The molecule has 1 atom stereocenters. The third-order valence-electron chi connectivity index (χ3n) is 5.66. The lowest BCUT2D eigenvalue weighted by molar-refractivity contribution is -0.120. The molecule has 3 amide bonds. The molecular formula is C22H27ClFN5O4. The zero-order valence-corrected chi connectivity index (χ0v) is 19.2. The van der Waals surface area contributed by atoms with Crippen molar-refractivity contribution < 1.29 is 23.5 Å². The molecule has 178 valence electrons. The molecule has 1 aromatic carbocycles. The van der Waals surface area contributed by atoms with Gasteiger partial charge in [0, 0.05) is 25.6 Å². The van der Waals surface area contributed by atoms with Crippen molar-refractivity contribution in [1.82, 2.24) is 20.6 Å². The second-order valence-corrected chi connectivity index (χ2v) is 8.43. The van der Waals surface area contributed by atoms with E-state index in [1.54, 1.807) is 7.11 Å². The SMILES string of the molecule is COC(C)CNC(=O)c1[nH]cnc1C(=O)NC1CCC(C(=O)Nc2ccc(F)cc2Cl)CC1. The van der Waals surface area contributed by atoms with Crippen LogP contribution in [0.1, 0.15) is 53.6 Å². The number of benzene rings is 1. The van der Waals surface area contributed by atoms with E-state index >= 15 is 0 Å². The Labute approximate surface area is 195 Å². The third-order valence-corrected chi connectivity index (χ3v) is 5.97. The van der Waals surface area contributed by atoms with E-state index in [9.17, 15) is 18.8 Å². The van der Waals surface area contributed by atoms with Crippen molar-refractivity contribution in [1.29, 1.82) is 0 Å². The molecule has 1 aliphatic carbocycles. The average molecular weight is 480 g/mol. The molecule has 1 fully saturated rings. The minimum absolute atomic E-state index is 0.0170. The third kappa shape index (κ3) is 6.52. The molecule has 0 aliphatic heterocycles. The predicted octanol–water partition coefficient (Wildman–Crippen LogP) is 2.89. The van der Waals surface area contributed by atoms with Gasteiger partial charge >= 0.3 is 0 Å². The number of aromatic amines is 1. The molecule has 1 unspecified atom stereocenters. The van der Waals surface area contributed by atoms with Crippen LogP contribution in [0.5, 0.6) is 0 Å². The van der Waals surface area contributed by atoms with E-state index in [4.69, 9.17) is 16.3 Å². The van der Waals surface area contributed by atoms with Crippen LogP contribution in [0.2, 0.25) is 5.02 Å². The van der Waals surface area contributed by atoms with Crippen LogP contribution in [0, 0.1) is 11.7 Å². The fourth-order valence-electron chi connectivity index (χ4n) is 3.63. The van der Waals surface area contributed by atoms with Crippen molar-refractivity contribution in [3.63, 3.8) is 0 Å². The van der Waals surface area contributed by atoms with Crippen LogP contribution in [0.25, 0.3) is 0 Å². The Hall–Kier alpha value is -2.98. The number of ether oxygens (including phenoxy) is 1. The van der Waals surface area contributed by atoms with E-state index in [0.717, 1.165) is 6.07 Å². The van der Waals surface area contributed by atoms with Gasteiger partial charge in [0.2, 0.25) is 5.91 Å². The lowest BCUT2D eigenvalue weighted by Crippen LogP contribution is -2.40. The molecule has 11 heteroatoms. The molecular weight excluding hydrogens is 453 g/mol. The van der Waals surface area contributed by atoms with Crippen molar-refractivity contribution >= 4 is 35.0 Å². The number of methoxy groups -OCH3 is 1. The van der Waals surface area contributed by atoms with Crippen molar-refractivity contribution in [2.45, 2.75) is 44.8 Å². The van der Waals surface area contributed by atoms with Crippen LogP contribution in [-0.2, 0) is 9.53 Å². The summed E-state index contributed by atoms with van der Waals surface area (Å²) < 4.78 is 18.3. The van der Waals surface area contributed by atoms with Gasteiger partial charge in [-0.25, -0.2) is 9.37 Å². The molecule has 3 rings (SSSR count). The van der Waals surface area contributed by atoms with Gasteiger partial charge in [-0.2, -0.15) is 0 Å². The Morgan fingerprint density at radius 3 is 2.64 bits per heavy atom. The predicted molar refractivity (Wildman–Crippen MR) is 121 cm³/mol. The monoisotopic (exact) mass is 479 g/mol. The molecule has 0 radical (unpaired) electrons. The molecule has 1 aromatic heterocycles. The maximum absolute atomic E-state index is 13.2. The number of hydrogen-bond donors (Lipinski definition) is 4. The maximum Gasteiger partial charge on any atom is 0.272 e. The topological polar surface area (TPSA) is 125 Å². The van der Waals surface area contributed by atoms with Crippen molar-refractivity contribution in [2.24, 2.45) is 5.92 Å². The second kappa shape index (κ2) is 11.2. The Morgan fingerprint density at radius 2 is 1.97 bits per heavy atom. The van der Waals surface area contributed by atoms with Crippen LogP contribution in [-0.4, -0.2) is 53.5 Å². The van der Waals surface area contributed by atoms with Crippen LogP contribution in [0.3, 0.4) is 0 Å². The summed E-state index contributed by atoms with van der Waals surface area (Å²) in [4.78, 5) is 44.3. The van der Waals surface area contributed by atoms with Gasteiger partial charge in [-0.15, -0.1) is 0 Å².